The zero-order valence-electron chi connectivity index (χ0n) is 5.27. The molecule has 0 aromatic carbocycles. The van der Waals surface area contributed by atoms with Gasteiger partial charge in [-0.15, -0.1) is 0 Å². The Hall–Kier alpha value is -0.150. The summed E-state index contributed by atoms with van der Waals surface area (Å²) in [5.74, 6) is 0. The van der Waals surface area contributed by atoms with Crippen LogP contribution in [0.3, 0.4) is 0 Å². The van der Waals surface area contributed by atoms with Gasteiger partial charge >= 0.3 is 0 Å². The van der Waals surface area contributed by atoms with Crippen LogP contribution < -0.4 is 10.5 Å². The highest BCUT2D eigenvalue weighted by molar-refractivity contribution is 8.01. The lowest BCUT2D eigenvalue weighted by atomic mass is 10.5. The van der Waals surface area contributed by atoms with Gasteiger partial charge < -0.3 is 5.73 Å². The van der Waals surface area contributed by atoms with Crippen LogP contribution in [0.5, 0.6) is 0 Å². The van der Waals surface area contributed by atoms with E-state index in [1.54, 1.807) is 18.1 Å². The van der Waals surface area contributed by atoms with E-state index in [1.165, 1.54) is 4.91 Å². The van der Waals surface area contributed by atoms with Gasteiger partial charge in [-0.1, -0.05) is 6.92 Å². The number of nitrogens with two attached hydrogens (primary N) is 1. The van der Waals surface area contributed by atoms with Crippen LogP contribution in [-0.4, -0.2) is 7.05 Å². The van der Waals surface area contributed by atoms with Crippen LogP contribution in [-0.2, 0) is 0 Å². The van der Waals surface area contributed by atoms with Crippen LogP contribution in [0, 0.1) is 0 Å². The van der Waals surface area contributed by atoms with E-state index in [4.69, 9.17) is 5.73 Å². The maximum atomic E-state index is 5.25. The van der Waals surface area contributed by atoms with Crippen LogP contribution in [0.25, 0.3) is 0 Å². The zero-order chi connectivity index (χ0) is 6.41. The third kappa shape index (κ3) is 2.93. The molecule has 48 valence electrons. The molecule has 0 saturated heterocycles. The lowest BCUT2D eigenvalue weighted by Gasteiger charge is -1.97. The summed E-state index contributed by atoms with van der Waals surface area (Å²) in [6.45, 7) is 2.07. The highest BCUT2D eigenvalue weighted by Gasteiger charge is 1.87. The molecule has 0 unspecified atom stereocenters. The normalized spacial score (nSPS) is 12.0. The first kappa shape index (κ1) is 7.85. The molecule has 0 rings (SSSR count). The van der Waals surface area contributed by atoms with E-state index >= 15 is 0 Å². The summed E-state index contributed by atoms with van der Waals surface area (Å²) in [7, 11) is 1.88. The third-order valence-corrected chi connectivity index (χ3v) is 1.66. The molecule has 8 heavy (non-hydrogen) atoms. The van der Waals surface area contributed by atoms with E-state index in [9.17, 15) is 0 Å². The molecule has 0 fully saturated rings. The second kappa shape index (κ2) is 5.00. The standard InChI is InChI=1S/C5H12N2S/c1-3-5(4-6)8-7-2/h4,7H,3,6H2,1-2H3/b5-4-. The van der Waals surface area contributed by atoms with Gasteiger partial charge in [0.25, 0.3) is 0 Å². The molecule has 0 amide bonds. The molecular formula is C5H12N2S. The maximum Gasteiger partial charge on any atom is 0.0155 e. The zero-order valence-corrected chi connectivity index (χ0v) is 6.09. The van der Waals surface area contributed by atoms with E-state index in [-0.39, 0.29) is 0 Å². The molecule has 0 bridgehead atoms. The van der Waals surface area contributed by atoms with Gasteiger partial charge in [0, 0.05) is 11.1 Å². The van der Waals surface area contributed by atoms with Gasteiger partial charge in [-0.2, -0.15) is 0 Å². The summed E-state index contributed by atoms with van der Waals surface area (Å²) in [4.78, 5) is 1.17. The Morgan fingerprint density at radius 3 is 2.62 bits per heavy atom. The Labute approximate surface area is 54.7 Å². The predicted octanol–water partition coefficient (Wildman–Crippen LogP) is 1.06. The highest BCUT2D eigenvalue weighted by Crippen LogP contribution is 2.11. The van der Waals surface area contributed by atoms with Gasteiger partial charge in [0.2, 0.25) is 0 Å². The third-order valence-electron chi connectivity index (χ3n) is 0.768. The summed E-state index contributed by atoms with van der Waals surface area (Å²) in [5, 5.41) is 0. The fourth-order valence-corrected chi connectivity index (χ4v) is 0.830. The van der Waals surface area contributed by atoms with E-state index < -0.39 is 0 Å². The van der Waals surface area contributed by atoms with Crippen LogP contribution in [0.15, 0.2) is 11.1 Å². The van der Waals surface area contributed by atoms with Gasteiger partial charge in [-0.05, 0) is 25.4 Å². The van der Waals surface area contributed by atoms with Crippen molar-refractivity contribution in [2.45, 2.75) is 13.3 Å². The van der Waals surface area contributed by atoms with Crippen LogP contribution >= 0.6 is 11.9 Å². The number of nitrogens with one attached hydrogen (secondary N) is 1. The summed E-state index contributed by atoms with van der Waals surface area (Å²) < 4.78 is 2.94. The molecule has 0 heterocycles. The minimum atomic E-state index is 1.00. The van der Waals surface area contributed by atoms with E-state index in [1.807, 2.05) is 7.05 Å². The Morgan fingerprint density at radius 2 is 2.50 bits per heavy atom. The van der Waals surface area contributed by atoms with Crippen molar-refractivity contribution in [1.29, 1.82) is 0 Å². The Bertz CT molecular complexity index is 80.5. The number of hydrogen-bond acceptors (Lipinski definition) is 3. The molecule has 3 N–H and O–H groups in total. The van der Waals surface area contributed by atoms with Crippen molar-refractivity contribution in [3.8, 4) is 0 Å². The summed E-state index contributed by atoms with van der Waals surface area (Å²) in [5.41, 5.74) is 5.25. The predicted molar refractivity (Wildman–Crippen MR) is 39.2 cm³/mol. The van der Waals surface area contributed by atoms with Crippen molar-refractivity contribution >= 4 is 11.9 Å². The summed E-state index contributed by atoms with van der Waals surface area (Å²) in [6.07, 6.45) is 2.63. The molecule has 3 heteroatoms. The number of allylic oxidation sites excluding steroid dienone is 1. The topological polar surface area (TPSA) is 38.0 Å². The summed E-state index contributed by atoms with van der Waals surface area (Å²) in [6, 6.07) is 0. The quantitative estimate of drug-likeness (QED) is 0.564. The molecule has 0 saturated carbocycles. The van der Waals surface area contributed by atoms with Gasteiger partial charge in [0.1, 0.15) is 0 Å². The first-order chi connectivity index (χ1) is 3.85. The molecule has 0 aliphatic rings. The first-order valence-corrected chi connectivity index (χ1v) is 3.41. The smallest absolute Gasteiger partial charge is 0.0155 e. The van der Waals surface area contributed by atoms with E-state index in [0.29, 0.717) is 0 Å². The number of rotatable bonds is 3. The van der Waals surface area contributed by atoms with Crippen molar-refractivity contribution < 1.29 is 0 Å². The van der Waals surface area contributed by atoms with Crippen molar-refractivity contribution in [2.75, 3.05) is 7.05 Å². The second-order valence-corrected chi connectivity index (χ2v) is 2.43. The van der Waals surface area contributed by atoms with Crippen molar-refractivity contribution in [3.05, 3.63) is 11.1 Å². The van der Waals surface area contributed by atoms with Crippen LogP contribution in [0.2, 0.25) is 0 Å². The van der Waals surface area contributed by atoms with Gasteiger partial charge in [0.15, 0.2) is 0 Å². The number of hydrogen-bond donors (Lipinski definition) is 2. The van der Waals surface area contributed by atoms with Gasteiger partial charge in [-0.3, -0.25) is 4.72 Å². The summed E-state index contributed by atoms with van der Waals surface area (Å²) >= 11 is 1.56. The molecule has 0 aromatic heterocycles. The average molecular weight is 132 g/mol. The van der Waals surface area contributed by atoms with Gasteiger partial charge in [-0.25, -0.2) is 0 Å². The maximum absolute atomic E-state index is 5.25. The highest BCUT2D eigenvalue weighted by atomic mass is 32.2. The lowest BCUT2D eigenvalue weighted by Crippen LogP contribution is -1.93. The van der Waals surface area contributed by atoms with E-state index in [0.717, 1.165) is 6.42 Å². The molecule has 0 aromatic rings. The largest absolute Gasteiger partial charge is 0.404 e. The molecule has 0 aliphatic heterocycles. The van der Waals surface area contributed by atoms with E-state index in [2.05, 4.69) is 11.6 Å². The molecule has 2 nitrogen and oxygen atoms in total. The first-order valence-electron chi connectivity index (χ1n) is 2.59. The average Bonchev–Trinajstić information content (AvgIpc) is 1.83. The van der Waals surface area contributed by atoms with Crippen LogP contribution in [0.1, 0.15) is 13.3 Å². The molecule has 0 atom stereocenters. The Balaban J connectivity index is 3.38. The Morgan fingerprint density at radius 1 is 1.88 bits per heavy atom. The minimum Gasteiger partial charge on any atom is -0.404 e. The van der Waals surface area contributed by atoms with Gasteiger partial charge in [0.05, 0.1) is 0 Å². The Kier molecular flexibility index (Phi) is 4.90. The van der Waals surface area contributed by atoms with Crippen LogP contribution in [0.4, 0.5) is 0 Å². The fraction of sp³-hybridized carbons (Fsp3) is 0.600. The SMILES string of the molecule is CC/C(=C/N)SNC. The molecular weight excluding hydrogens is 120 g/mol. The van der Waals surface area contributed by atoms with Crippen molar-refractivity contribution in [2.24, 2.45) is 5.73 Å². The van der Waals surface area contributed by atoms with Crippen molar-refractivity contribution in [1.82, 2.24) is 4.72 Å². The molecule has 0 aliphatic carbocycles. The molecule has 0 spiro atoms. The lowest BCUT2D eigenvalue weighted by molar-refractivity contribution is 1.17. The fourth-order valence-electron chi connectivity index (χ4n) is 0.355. The minimum absolute atomic E-state index is 1.00. The monoisotopic (exact) mass is 132 g/mol. The second-order valence-electron chi connectivity index (χ2n) is 1.29. The van der Waals surface area contributed by atoms with Crippen molar-refractivity contribution in [3.63, 3.8) is 0 Å². The molecule has 0 radical (unpaired) electrons.